The van der Waals surface area contributed by atoms with Crippen LogP contribution in [0.25, 0.3) is 0 Å². The minimum atomic E-state index is -0.294. The van der Waals surface area contributed by atoms with Gasteiger partial charge in [0.05, 0.1) is 6.10 Å². The van der Waals surface area contributed by atoms with Crippen molar-refractivity contribution in [2.24, 2.45) is 5.92 Å². The van der Waals surface area contributed by atoms with Gasteiger partial charge in [0.25, 0.3) is 0 Å². The molecule has 0 saturated carbocycles. The van der Waals surface area contributed by atoms with Crippen molar-refractivity contribution in [1.82, 2.24) is 4.90 Å². The summed E-state index contributed by atoms with van der Waals surface area (Å²) in [6.07, 6.45) is 0.441. The van der Waals surface area contributed by atoms with Crippen LogP contribution in [0.4, 0.5) is 0 Å². The van der Waals surface area contributed by atoms with Crippen LogP contribution in [0.15, 0.2) is 0 Å². The van der Waals surface area contributed by atoms with Crippen LogP contribution in [0.2, 0.25) is 0 Å². The van der Waals surface area contributed by atoms with Crippen molar-refractivity contribution in [2.45, 2.75) is 26.4 Å². The number of hydrogen-bond donors (Lipinski definition) is 1. The number of nitrogens with zero attached hydrogens (tertiary/aromatic N) is 1. The maximum absolute atomic E-state index is 11.3. The molecule has 0 radical (unpaired) electrons. The Labute approximate surface area is 67.0 Å². The summed E-state index contributed by atoms with van der Waals surface area (Å²) in [6.45, 7) is 5.01. The van der Waals surface area contributed by atoms with E-state index in [1.165, 1.54) is 0 Å². The average Bonchev–Trinajstić information content (AvgIpc) is 2.34. The zero-order valence-electron chi connectivity index (χ0n) is 7.08. The Morgan fingerprint density at radius 3 is 2.64 bits per heavy atom. The summed E-state index contributed by atoms with van der Waals surface area (Å²) in [6, 6.07) is 0. The lowest BCUT2D eigenvalue weighted by Gasteiger charge is -2.17. The van der Waals surface area contributed by atoms with Gasteiger partial charge in [-0.1, -0.05) is 13.8 Å². The number of β-amino-alcohol motifs (C(OH)–C–C–N with tert-alkyl or cyclic N) is 1. The van der Waals surface area contributed by atoms with Gasteiger partial charge in [-0.05, 0) is 6.42 Å². The van der Waals surface area contributed by atoms with Crippen molar-refractivity contribution in [2.75, 3.05) is 13.1 Å². The van der Waals surface area contributed by atoms with E-state index >= 15 is 0 Å². The van der Waals surface area contributed by atoms with Gasteiger partial charge in [0.15, 0.2) is 0 Å². The van der Waals surface area contributed by atoms with Gasteiger partial charge in [-0.25, -0.2) is 0 Å². The Morgan fingerprint density at radius 2 is 2.27 bits per heavy atom. The van der Waals surface area contributed by atoms with Crippen LogP contribution in [0.1, 0.15) is 20.3 Å². The molecule has 0 spiro atoms. The Hall–Kier alpha value is -0.570. The number of aliphatic hydroxyl groups is 1. The summed E-state index contributed by atoms with van der Waals surface area (Å²) < 4.78 is 0. The predicted octanol–water partition coefficient (Wildman–Crippen LogP) is 0.236. The quantitative estimate of drug-likeness (QED) is 0.592. The second kappa shape index (κ2) is 3.22. The maximum atomic E-state index is 11.3. The standard InChI is InChI=1S/C8H15NO2/c1-6(2)8(11)9-4-3-7(10)5-9/h6-7,10H,3-5H2,1-2H3. The molecule has 1 rings (SSSR count). The molecule has 1 unspecified atom stereocenters. The van der Waals surface area contributed by atoms with Crippen molar-refractivity contribution in [3.8, 4) is 0 Å². The van der Waals surface area contributed by atoms with E-state index in [2.05, 4.69) is 0 Å². The van der Waals surface area contributed by atoms with Crippen molar-refractivity contribution in [3.05, 3.63) is 0 Å². The average molecular weight is 157 g/mol. The molecule has 1 N–H and O–H groups in total. The van der Waals surface area contributed by atoms with Crippen molar-refractivity contribution >= 4 is 5.91 Å². The number of aliphatic hydroxyl groups excluding tert-OH is 1. The molecule has 0 aromatic heterocycles. The smallest absolute Gasteiger partial charge is 0.225 e. The first-order valence-corrected chi connectivity index (χ1v) is 4.08. The van der Waals surface area contributed by atoms with E-state index in [9.17, 15) is 4.79 Å². The lowest BCUT2D eigenvalue weighted by Crippen LogP contribution is -2.32. The number of carbonyl (C=O) groups is 1. The minimum absolute atomic E-state index is 0.0558. The third kappa shape index (κ3) is 1.93. The Kier molecular flexibility index (Phi) is 2.49. The first kappa shape index (κ1) is 8.53. The summed E-state index contributed by atoms with van der Waals surface area (Å²) in [4.78, 5) is 13.0. The third-order valence-corrected chi connectivity index (χ3v) is 1.97. The molecular weight excluding hydrogens is 142 g/mol. The van der Waals surface area contributed by atoms with Crippen molar-refractivity contribution in [1.29, 1.82) is 0 Å². The first-order valence-electron chi connectivity index (χ1n) is 4.08. The predicted molar refractivity (Wildman–Crippen MR) is 42.0 cm³/mol. The molecule has 0 aromatic rings. The van der Waals surface area contributed by atoms with E-state index in [0.717, 1.165) is 13.0 Å². The highest BCUT2D eigenvalue weighted by atomic mass is 16.3. The van der Waals surface area contributed by atoms with Gasteiger partial charge in [-0.3, -0.25) is 4.79 Å². The number of hydrogen-bond acceptors (Lipinski definition) is 2. The van der Waals surface area contributed by atoms with Crippen molar-refractivity contribution < 1.29 is 9.90 Å². The highest BCUT2D eigenvalue weighted by Crippen LogP contribution is 2.11. The van der Waals surface area contributed by atoms with E-state index in [-0.39, 0.29) is 17.9 Å². The molecule has 11 heavy (non-hydrogen) atoms. The molecule has 3 heteroatoms. The molecule has 1 saturated heterocycles. The fourth-order valence-corrected chi connectivity index (χ4v) is 1.31. The summed E-state index contributed by atoms with van der Waals surface area (Å²) in [5.74, 6) is 0.210. The summed E-state index contributed by atoms with van der Waals surface area (Å²) in [5.41, 5.74) is 0. The van der Waals surface area contributed by atoms with Gasteiger partial charge < -0.3 is 10.0 Å². The lowest BCUT2D eigenvalue weighted by atomic mass is 10.2. The second-order valence-electron chi connectivity index (χ2n) is 3.38. The zero-order chi connectivity index (χ0) is 8.43. The zero-order valence-corrected chi connectivity index (χ0v) is 7.08. The summed E-state index contributed by atoms with van der Waals surface area (Å²) >= 11 is 0. The van der Waals surface area contributed by atoms with Crippen LogP contribution in [-0.2, 0) is 4.79 Å². The lowest BCUT2D eigenvalue weighted by molar-refractivity contribution is -0.133. The Balaban J connectivity index is 2.43. The molecule has 1 atom stereocenters. The fraction of sp³-hybridized carbons (Fsp3) is 0.875. The molecule has 1 aliphatic heterocycles. The maximum Gasteiger partial charge on any atom is 0.225 e. The summed E-state index contributed by atoms with van der Waals surface area (Å²) in [7, 11) is 0. The van der Waals surface area contributed by atoms with Gasteiger partial charge in [-0.15, -0.1) is 0 Å². The fourth-order valence-electron chi connectivity index (χ4n) is 1.31. The first-order chi connectivity index (χ1) is 5.11. The molecule has 0 aliphatic carbocycles. The number of amides is 1. The minimum Gasteiger partial charge on any atom is -0.391 e. The molecule has 0 bridgehead atoms. The highest BCUT2D eigenvalue weighted by Gasteiger charge is 2.25. The van der Waals surface area contributed by atoms with E-state index in [0.29, 0.717) is 6.54 Å². The topological polar surface area (TPSA) is 40.5 Å². The van der Waals surface area contributed by atoms with Gasteiger partial charge >= 0.3 is 0 Å². The molecule has 1 aliphatic rings. The normalized spacial score (nSPS) is 24.7. The Morgan fingerprint density at radius 1 is 1.64 bits per heavy atom. The van der Waals surface area contributed by atoms with E-state index < -0.39 is 0 Å². The van der Waals surface area contributed by atoms with E-state index in [1.807, 2.05) is 13.8 Å². The Bertz CT molecular complexity index is 156. The molecule has 3 nitrogen and oxygen atoms in total. The van der Waals surface area contributed by atoms with Crippen LogP contribution in [0.5, 0.6) is 0 Å². The van der Waals surface area contributed by atoms with Crippen LogP contribution < -0.4 is 0 Å². The van der Waals surface area contributed by atoms with E-state index in [1.54, 1.807) is 4.90 Å². The highest BCUT2D eigenvalue weighted by molar-refractivity contribution is 5.78. The van der Waals surface area contributed by atoms with Gasteiger partial charge in [-0.2, -0.15) is 0 Å². The monoisotopic (exact) mass is 157 g/mol. The second-order valence-corrected chi connectivity index (χ2v) is 3.38. The third-order valence-electron chi connectivity index (χ3n) is 1.97. The molecule has 64 valence electrons. The number of carbonyl (C=O) groups excluding carboxylic acids is 1. The van der Waals surface area contributed by atoms with Gasteiger partial charge in [0.1, 0.15) is 0 Å². The molecule has 1 fully saturated rings. The molecule has 0 aromatic carbocycles. The van der Waals surface area contributed by atoms with Gasteiger partial charge in [0, 0.05) is 19.0 Å². The van der Waals surface area contributed by atoms with Crippen LogP contribution in [0, 0.1) is 5.92 Å². The number of likely N-dealkylation sites (tertiary alicyclic amines) is 1. The van der Waals surface area contributed by atoms with E-state index in [4.69, 9.17) is 5.11 Å². The molecular formula is C8H15NO2. The van der Waals surface area contributed by atoms with Crippen LogP contribution >= 0.6 is 0 Å². The summed E-state index contributed by atoms with van der Waals surface area (Å²) in [5, 5.41) is 9.14. The molecule has 1 heterocycles. The number of rotatable bonds is 1. The molecule has 1 amide bonds. The largest absolute Gasteiger partial charge is 0.391 e. The van der Waals surface area contributed by atoms with Crippen LogP contribution in [0.3, 0.4) is 0 Å². The van der Waals surface area contributed by atoms with Crippen LogP contribution in [-0.4, -0.2) is 35.1 Å². The van der Waals surface area contributed by atoms with Crippen molar-refractivity contribution in [3.63, 3.8) is 0 Å². The van der Waals surface area contributed by atoms with Gasteiger partial charge in [0.2, 0.25) is 5.91 Å². The SMILES string of the molecule is CC(C)C(=O)N1CCC(O)C1.